The van der Waals surface area contributed by atoms with Gasteiger partial charge in [-0.25, -0.2) is 0 Å². The third-order valence-electron chi connectivity index (χ3n) is 4.16. The molecule has 2 heterocycles. The third-order valence-corrected chi connectivity index (χ3v) is 5.25. The van der Waals surface area contributed by atoms with Crippen LogP contribution >= 0.6 is 11.8 Å². The van der Waals surface area contributed by atoms with Crippen LogP contribution in [0.4, 0.5) is 5.69 Å². The van der Waals surface area contributed by atoms with Crippen molar-refractivity contribution in [3.8, 4) is 11.5 Å². The maximum atomic E-state index is 5.54. The lowest BCUT2D eigenvalue weighted by Gasteiger charge is -2.42. The Morgan fingerprint density at radius 2 is 1.86 bits per heavy atom. The summed E-state index contributed by atoms with van der Waals surface area (Å²) in [5.41, 5.74) is 2.54. The Bertz CT molecular complexity index is 661. The molecule has 2 unspecified atom stereocenters. The van der Waals surface area contributed by atoms with Crippen molar-refractivity contribution in [2.45, 2.75) is 19.0 Å². The van der Waals surface area contributed by atoms with Crippen LogP contribution < -0.4 is 14.4 Å². The number of hydrogen-bond acceptors (Lipinski definition) is 4. The fraction of sp³-hybridized carbons (Fsp3) is 0.278. The standard InChI is InChI=1S/C18H18NO2S/c1-13-10-22-11-16(14-5-3-2-4-6-14)19(13)15-7-8-17-18(9-15)21-12-20-17/h2-10,13,16H,11-12H2,1H3. The van der Waals surface area contributed by atoms with Gasteiger partial charge in [0.1, 0.15) is 0 Å². The van der Waals surface area contributed by atoms with Gasteiger partial charge < -0.3 is 14.4 Å². The van der Waals surface area contributed by atoms with E-state index < -0.39 is 0 Å². The molecular weight excluding hydrogens is 294 g/mol. The molecule has 0 saturated carbocycles. The number of benzene rings is 2. The molecule has 0 aromatic heterocycles. The Morgan fingerprint density at radius 1 is 1.05 bits per heavy atom. The SMILES string of the molecule is CC1[CH]SCC(c2ccccc2)N1c1ccc2c(c1)OCO2. The molecule has 4 heteroatoms. The summed E-state index contributed by atoms with van der Waals surface area (Å²) in [7, 11) is 0. The smallest absolute Gasteiger partial charge is 0.231 e. The summed E-state index contributed by atoms with van der Waals surface area (Å²) >= 11 is 1.91. The minimum Gasteiger partial charge on any atom is -0.454 e. The molecule has 0 spiro atoms. The van der Waals surface area contributed by atoms with Gasteiger partial charge in [0.25, 0.3) is 0 Å². The van der Waals surface area contributed by atoms with Crippen LogP contribution in [0.3, 0.4) is 0 Å². The lowest BCUT2D eigenvalue weighted by Crippen LogP contribution is -2.41. The van der Waals surface area contributed by atoms with Gasteiger partial charge in [0, 0.05) is 29.3 Å². The minimum absolute atomic E-state index is 0.318. The van der Waals surface area contributed by atoms with E-state index in [0.29, 0.717) is 18.9 Å². The average Bonchev–Trinajstić information content (AvgIpc) is 3.03. The van der Waals surface area contributed by atoms with Gasteiger partial charge in [0.05, 0.1) is 6.04 Å². The van der Waals surface area contributed by atoms with E-state index in [0.717, 1.165) is 17.3 Å². The van der Waals surface area contributed by atoms with Crippen LogP contribution in [-0.4, -0.2) is 18.6 Å². The molecule has 4 rings (SSSR count). The monoisotopic (exact) mass is 312 g/mol. The zero-order valence-corrected chi connectivity index (χ0v) is 13.3. The summed E-state index contributed by atoms with van der Waals surface area (Å²) in [5, 5.41) is 0. The predicted molar refractivity (Wildman–Crippen MR) is 90.4 cm³/mol. The number of fused-ring (bicyclic) bond motifs is 1. The number of nitrogens with zero attached hydrogens (tertiary/aromatic N) is 1. The van der Waals surface area contributed by atoms with E-state index in [9.17, 15) is 0 Å². The fourth-order valence-corrected chi connectivity index (χ4v) is 4.16. The molecule has 3 nitrogen and oxygen atoms in total. The van der Waals surface area contributed by atoms with E-state index in [1.165, 1.54) is 11.3 Å². The van der Waals surface area contributed by atoms with Crippen molar-refractivity contribution in [2.75, 3.05) is 17.4 Å². The van der Waals surface area contributed by atoms with Gasteiger partial charge in [-0.1, -0.05) is 30.3 Å². The zero-order chi connectivity index (χ0) is 14.9. The number of hydrogen-bond donors (Lipinski definition) is 0. The van der Waals surface area contributed by atoms with Gasteiger partial charge in [0.2, 0.25) is 6.79 Å². The van der Waals surface area contributed by atoms with Crippen molar-refractivity contribution >= 4 is 17.4 Å². The van der Waals surface area contributed by atoms with Crippen LogP contribution in [0, 0.1) is 5.75 Å². The molecule has 1 saturated heterocycles. The maximum Gasteiger partial charge on any atom is 0.231 e. The molecule has 113 valence electrons. The molecule has 0 amide bonds. The van der Waals surface area contributed by atoms with E-state index in [-0.39, 0.29) is 0 Å². The first kappa shape index (κ1) is 13.8. The first-order valence-electron chi connectivity index (χ1n) is 7.51. The van der Waals surface area contributed by atoms with Crippen LogP contribution in [0.5, 0.6) is 11.5 Å². The molecule has 2 atom stereocenters. The number of anilines is 1. The molecule has 2 aromatic carbocycles. The second-order valence-corrected chi connectivity index (χ2v) is 6.52. The lowest BCUT2D eigenvalue weighted by atomic mass is 10.0. The second kappa shape index (κ2) is 5.76. The summed E-state index contributed by atoms with van der Waals surface area (Å²) in [6.07, 6.45) is 0. The Kier molecular flexibility index (Phi) is 3.62. The highest BCUT2D eigenvalue weighted by Gasteiger charge is 2.30. The topological polar surface area (TPSA) is 21.7 Å². The van der Waals surface area contributed by atoms with E-state index in [1.54, 1.807) is 0 Å². The predicted octanol–water partition coefficient (Wildman–Crippen LogP) is 4.26. The summed E-state index contributed by atoms with van der Waals surface area (Å²) in [6.45, 7) is 2.56. The molecule has 0 aliphatic carbocycles. The van der Waals surface area contributed by atoms with Gasteiger partial charge in [-0.05, 0) is 24.6 Å². The Hall–Kier alpha value is -1.81. The highest BCUT2D eigenvalue weighted by molar-refractivity contribution is 8.01. The Labute approximate surface area is 135 Å². The van der Waals surface area contributed by atoms with Crippen molar-refractivity contribution < 1.29 is 9.47 Å². The third kappa shape index (κ3) is 2.41. The van der Waals surface area contributed by atoms with Crippen molar-refractivity contribution in [3.63, 3.8) is 0 Å². The molecule has 1 radical (unpaired) electrons. The van der Waals surface area contributed by atoms with E-state index >= 15 is 0 Å². The van der Waals surface area contributed by atoms with Crippen LogP contribution in [0.15, 0.2) is 48.5 Å². The largest absolute Gasteiger partial charge is 0.454 e. The van der Waals surface area contributed by atoms with Gasteiger partial charge in [-0.3, -0.25) is 0 Å². The van der Waals surface area contributed by atoms with E-state index in [4.69, 9.17) is 9.47 Å². The van der Waals surface area contributed by atoms with Gasteiger partial charge >= 0.3 is 0 Å². The van der Waals surface area contributed by atoms with Gasteiger partial charge in [0.15, 0.2) is 11.5 Å². The minimum atomic E-state index is 0.318. The Morgan fingerprint density at radius 3 is 2.73 bits per heavy atom. The molecule has 0 bridgehead atoms. The van der Waals surface area contributed by atoms with E-state index in [2.05, 4.69) is 60.0 Å². The lowest BCUT2D eigenvalue weighted by molar-refractivity contribution is 0.174. The normalized spacial score (nSPS) is 23.6. The van der Waals surface area contributed by atoms with Crippen molar-refractivity contribution in [1.82, 2.24) is 0 Å². The van der Waals surface area contributed by atoms with Crippen LogP contribution in [0.1, 0.15) is 18.5 Å². The number of ether oxygens (including phenoxy) is 2. The summed E-state index contributed by atoms with van der Waals surface area (Å²) in [5.74, 6) is 5.05. The summed E-state index contributed by atoms with van der Waals surface area (Å²) < 4.78 is 11.0. The summed E-state index contributed by atoms with van der Waals surface area (Å²) in [6, 6.07) is 17.7. The van der Waals surface area contributed by atoms with E-state index in [1.807, 2.05) is 17.8 Å². The molecule has 0 N–H and O–H groups in total. The van der Waals surface area contributed by atoms with Crippen molar-refractivity contribution in [2.24, 2.45) is 0 Å². The van der Waals surface area contributed by atoms with Crippen molar-refractivity contribution in [1.29, 1.82) is 0 Å². The molecule has 2 aliphatic heterocycles. The molecular formula is C18H18NO2S. The molecule has 2 aliphatic rings. The summed E-state index contributed by atoms with van der Waals surface area (Å²) in [4.78, 5) is 2.47. The van der Waals surface area contributed by atoms with Crippen LogP contribution in [0.2, 0.25) is 0 Å². The number of rotatable bonds is 2. The zero-order valence-electron chi connectivity index (χ0n) is 12.4. The quantitative estimate of drug-likeness (QED) is 0.826. The first-order chi connectivity index (χ1) is 10.8. The number of thioether (sulfide) groups is 1. The highest BCUT2D eigenvalue weighted by Crippen LogP contribution is 2.42. The molecule has 2 aromatic rings. The Balaban J connectivity index is 1.72. The maximum absolute atomic E-state index is 5.54. The first-order valence-corrected chi connectivity index (χ1v) is 8.56. The molecule has 1 fully saturated rings. The van der Waals surface area contributed by atoms with Gasteiger partial charge in [-0.2, -0.15) is 11.8 Å². The highest BCUT2D eigenvalue weighted by atomic mass is 32.2. The molecule has 22 heavy (non-hydrogen) atoms. The van der Waals surface area contributed by atoms with Crippen LogP contribution in [-0.2, 0) is 0 Å². The van der Waals surface area contributed by atoms with Crippen molar-refractivity contribution in [3.05, 3.63) is 59.8 Å². The van der Waals surface area contributed by atoms with Gasteiger partial charge in [-0.15, -0.1) is 0 Å². The fourth-order valence-electron chi connectivity index (χ4n) is 3.11. The second-order valence-electron chi connectivity index (χ2n) is 5.58. The van der Waals surface area contributed by atoms with Crippen LogP contribution in [0.25, 0.3) is 0 Å². The average molecular weight is 312 g/mol.